The summed E-state index contributed by atoms with van der Waals surface area (Å²) < 4.78 is 5.30. The second-order valence-electron chi connectivity index (χ2n) is 5.99. The van der Waals surface area contributed by atoms with Gasteiger partial charge >= 0.3 is 0 Å². The van der Waals surface area contributed by atoms with Crippen LogP contribution in [-0.4, -0.2) is 42.1 Å². The maximum atomic E-state index is 12.2. The third-order valence-electron chi connectivity index (χ3n) is 4.13. The number of nitrogens with one attached hydrogen (secondary N) is 1. The third kappa shape index (κ3) is 3.36. The molecule has 1 amide bonds. The van der Waals surface area contributed by atoms with E-state index in [9.17, 15) is 4.79 Å². The molecule has 22 heavy (non-hydrogen) atoms. The smallest absolute Gasteiger partial charge is 0.273 e. The van der Waals surface area contributed by atoms with Crippen LogP contribution in [0.2, 0.25) is 0 Å². The fraction of sp³-hybridized carbons (Fsp3) is 0.412. The predicted molar refractivity (Wildman–Crippen MR) is 84.7 cm³/mol. The van der Waals surface area contributed by atoms with E-state index in [1.54, 1.807) is 6.07 Å². The molecule has 1 aliphatic heterocycles. The molecule has 0 unspecified atom stereocenters. The van der Waals surface area contributed by atoms with Crippen molar-refractivity contribution in [2.45, 2.75) is 25.8 Å². The van der Waals surface area contributed by atoms with Crippen molar-refractivity contribution in [3.8, 4) is 11.3 Å². The lowest BCUT2D eigenvalue weighted by atomic mass is 10.1. The van der Waals surface area contributed by atoms with Gasteiger partial charge in [-0.1, -0.05) is 35.0 Å². The van der Waals surface area contributed by atoms with Crippen LogP contribution in [0.5, 0.6) is 0 Å². The molecule has 1 aliphatic rings. The molecule has 0 radical (unpaired) electrons. The summed E-state index contributed by atoms with van der Waals surface area (Å²) in [4.78, 5) is 14.5. The van der Waals surface area contributed by atoms with Crippen molar-refractivity contribution in [3.63, 3.8) is 0 Å². The van der Waals surface area contributed by atoms with Crippen LogP contribution in [0.1, 0.15) is 28.9 Å². The van der Waals surface area contributed by atoms with Gasteiger partial charge in [0.2, 0.25) is 0 Å². The van der Waals surface area contributed by atoms with Crippen LogP contribution in [0.3, 0.4) is 0 Å². The molecule has 0 atom stereocenters. The summed E-state index contributed by atoms with van der Waals surface area (Å²) in [6.45, 7) is 4.06. The molecule has 1 aromatic heterocycles. The second kappa shape index (κ2) is 6.32. The normalized spacial score (nSPS) is 16.6. The SMILES string of the molecule is Cc1ccc(-c2cc(C(=O)NC3CCN(C)CC3)no2)cc1. The van der Waals surface area contributed by atoms with Gasteiger partial charge in [-0.05, 0) is 39.9 Å². The Hall–Kier alpha value is -2.14. The summed E-state index contributed by atoms with van der Waals surface area (Å²) in [5, 5.41) is 6.94. The molecule has 0 saturated carbocycles. The topological polar surface area (TPSA) is 58.4 Å². The average molecular weight is 299 g/mol. The van der Waals surface area contributed by atoms with E-state index >= 15 is 0 Å². The average Bonchev–Trinajstić information content (AvgIpc) is 3.00. The van der Waals surface area contributed by atoms with Crippen molar-refractivity contribution in [2.24, 2.45) is 0 Å². The fourth-order valence-electron chi connectivity index (χ4n) is 2.65. The number of amides is 1. The Morgan fingerprint density at radius 2 is 1.95 bits per heavy atom. The number of piperidine rings is 1. The number of hydrogen-bond donors (Lipinski definition) is 1. The highest BCUT2D eigenvalue weighted by Crippen LogP contribution is 2.21. The summed E-state index contributed by atoms with van der Waals surface area (Å²) in [5.41, 5.74) is 2.45. The zero-order valence-corrected chi connectivity index (χ0v) is 13.0. The number of rotatable bonds is 3. The molecule has 0 spiro atoms. The number of hydrogen-bond acceptors (Lipinski definition) is 4. The number of aromatic nitrogens is 1. The molecule has 1 N–H and O–H groups in total. The number of likely N-dealkylation sites (tertiary alicyclic amines) is 1. The standard InChI is InChI=1S/C17H21N3O2/c1-12-3-5-13(6-4-12)16-11-15(19-22-16)17(21)18-14-7-9-20(2)10-8-14/h3-6,11,14H,7-10H2,1-2H3,(H,18,21). The van der Waals surface area contributed by atoms with Gasteiger partial charge in [0.05, 0.1) is 0 Å². The van der Waals surface area contributed by atoms with Gasteiger partial charge in [0.15, 0.2) is 11.5 Å². The summed E-state index contributed by atoms with van der Waals surface area (Å²) in [5.74, 6) is 0.463. The van der Waals surface area contributed by atoms with E-state index in [0.717, 1.165) is 31.5 Å². The lowest BCUT2D eigenvalue weighted by Gasteiger charge is -2.29. The van der Waals surface area contributed by atoms with Crippen molar-refractivity contribution in [3.05, 3.63) is 41.6 Å². The first-order valence-corrected chi connectivity index (χ1v) is 7.65. The highest BCUT2D eigenvalue weighted by molar-refractivity contribution is 5.93. The molecule has 1 fully saturated rings. The Balaban J connectivity index is 1.65. The number of nitrogens with zero attached hydrogens (tertiary/aromatic N) is 2. The quantitative estimate of drug-likeness (QED) is 0.946. The van der Waals surface area contributed by atoms with E-state index in [0.29, 0.717) is 11.5 Å². The van der Waals surface area contributed by atoms with E-state index in [1.165, 1.54) is 5.56 Å². The lowest BCUT2D eigenvalue weighted by Crippen LogP contribution is -2.43. The number of benzene rings is 1. The van der Waals surface area contributed by atoms with Crippen LogP contribution < -0.4 is 5.32 Å². The third-order valence-corrected chi connectivity index (χ3v) is 4.13. The van der Waals surface area contributed by atoms with E-state index < -0.39 is 0 Å². The Morgan fingerprint density at radius 1 is 1.27 bits per heavy atom. The number of carbonyl (C=O) groups excluding carboxylic acids is 1. The minimum Gasteiger partial charge on any atom is -0.355 e. The Labute approximate surface area is 130 Å². The van der Waals surface area contributed by atoms with Crippen LogP contribution in [0, 0.1) is 6.92 Å². The summed E-state index contributed by atoms with van der Waals surface area (Å²) in [6, 6.07) is 9.88. The van der Waals surface area contributed by atoms with Gasteiger partial charge < -0.3 is 14.7 Å². The van der Waals surface area contributed by atoms with E-state index in [1.807, 2.05) is 31.2 Å². The zero-order valence-electron chi connectivity index (χ0n) is 13.0. The molecular formula is C17H21N3O2. The summed E-state index contributed by atoms with van der Waals surface area (Å²) >= 11 is 0. The number of carbonyl (C=O) groups is 1. The molecule has 2 heterocycles. The van der Waals surface area contributed by atoms with Crippen molar-refractivity contribution < 1.29 is 9.32 Å². The number of aryl methyl sites for hydroxylation is 1. The van der Waals surface area contributed by atoms with Gasteiger partial charge in [0, 0.05) is 17.7 Å². The van der Waals surface area contributed by atoms with Crippen LogP contribution in [-0.2, 0) is 0 Å². The predicted octanol–water partition coefficient (Wildman–Crippen LogP) is 2.47. The Kier molecular flexibility index (Phi) is 4.24. The van der Waals surface area contributed by atoms with Crippen LogP contribution in [0.4, 0.5) is 0 Å². The van der Waals surface area contributed by atoms with Gasteiger partial charge in [-0.25, -0.2) is 0 Å². The van der Waals surface area contributed by atoms with Crippen molar-refractivity contribution >= 4 is 5.91 Å². The van der Waals surface area contributed by atoms with Crippen molar-refractivity contribution in [1.29, 1.82) is 0 Å². The lowest BCUT2D eigenvalue weighted by molar-refractivity contribution is 0.0908. The molecule has 0 bridgehead atoms. The van der Waals surface area contributed by atoms with Crippen molar-refractivity contribution in [2.75, 3.05) is 20.1 Å². The van der Waals surface area contributed by atoms with Gasteiger partial charge in [0.25, 0.3) is 5.91 Å². The van der Waals surface area contributed by atoms with Crippen LogP contribution in [0.15, 0.2) is 34.9 Å². The molecule has 1 saturated heterocycles. The van der Waals surface area contributed by atoms with Crippen LogP contribution in [0.25, 0.3) is 11.3 Å². The van der Waals surface area contributed by atoms with Gasteiger partial charge in [0.1, 0.15) is 0 Å². The fourth-order valence-corrected chi connectivity index (χ4v) is 2.65. The molecule has 0 aliphatic carbocycles. The largest absolute Gasteiger partial charge is 0.355 e. The maximum absolute atomic E-state index is 12.2. The van der Waals surface area contributed by atoms with Crippen LogP contribution >= 0.6 is 0 Å². The first-order valence-electron chi connectivity index (χ1n) is 7.65. The molecule has 5 nitrogen and oxygen atoms in total. The Bertz CT molecular complexity index is 640. The maximum Gasteiger partial charge on any atom is 0.273 e. The highest BCUT2D eigenvalue weighted by Gasteiger charge is 2.21. The molecule has 3 rings (SSSR count). The minimum absolute atomic E-state index is 0.156. The Morgan fingerprint density at radius 3 is 2.64 bits per heavy atom. The first kappa shape index (κ1) is 14.8. The molecule has 116 valence electrons. The monoisotopic (exact) mass is 299 g/mol. The molecule has 2 aromatic rings. The van der Waals surface area contributed by atoms with Crippen molar-refractivity contribution in [1.82, 2.24) is 15.4 Å². The zero-order chi connectivity index (χ0) is 15.5. The molecule has 1 aromatic carbocycles. The van der Waals surface area contributed by atoms with E-state index in [-0.39, 0.29) is 11.9 Å². The minimum atomic E-state index is -0.156. The highest BCUT2D eigenvalue weighted by atomic mass is 16.5. The van der Waals surface area contributed by atoms with Gasteiger partial charge in [-0.15, -0.1) is 0 Å². The first-order chi connectivity index (χ1) is 10.6. The molecular weight excluding hydrogens is 278 g/mol. The van der Waals surface area contributed by atoms with E-state index in [2.05, 4.69) is 22.4 Å². The second-order valence-corrected chi connectivity index (χ2v) is 5.99. The summed E-state index contributed by atoms with van der Waals surface area (Å²) in [7, 11) is 2.10. The van der Waals surface area contributed by atoms with Gasteiger partial charge in [-0.2, -0.15) is 0 Å². The summed E-state index contributed by atoms with van der Waals surface area (Å²) in [6.07, 6.45) is 1.95. The molecule has 5 heteroatoms. The van der Waals surface area contributed by atoms with E-state index in [4.69, 9.17) is 4.52 Å². The van der Waals surface area contributed by atoms with Gasteiger partial charge in [-0.3, -0.25) is 4.79 Å².